The molecule has 110 valence electrons. The highest BCUT2D eigenvalue weighted by Gasteiger charge is 2.44. The molecule has 1 aliphatic carbocycles. The van der Waals surface area contributed by atoms with E-state index in [1.54, 1.807) is 11.3 Å². The smallest absolute Gasteiger partial charge is 0.234 e. The zero-order chi connectivity index (χ0) is 13.8. The van der Waals surface area contributed by atoms with Crippen molar-refractivity contribution in [3.8, 4) is 0 Å². The minimum Gasteiger partial charge on any atom is -0.341 e. The maximum Gasteiger partial charge on any atom is 0.234 e. The summed E-state index contributed by atoms with van der Waals surface area (Å²) in [7, 11) is 0. The highest BCUT2D eigenvalue weighted by molar-refractivity contribution is 7.10. The lowest BCUT2D eigenvalue weighted by molar-refractivity contribution is -0.138. The summed E-state index contributed by atoms with van der Waals surface area (Å²) in [5.74, 6) is 0.392. The van der Waals surface area contributed by atoms with E-state index in [1.165, 1.54) is 24.1 Å². The Kier molecular flexibility index (Phi) is 4.41. The Morgan fingerprint density at radius 2 is 2.00 bits per heavy atom. The number of nitrogens with zero attached hydrogens (tertiary/aromatic N) is 1. The van der Waals surface area contributed by atoms with Crippen molar-refractivity contribution >= 4 is 17.2 Å². The summed E-state index contributed by atoms with van der Waals surface area (Å²) in [6.45, 7) is 3.76. The summed E-state index contributed by atoms with van der Waals surface area (Å²) < 4.78 is 0. The monoisotopic (exact) mass is 292 g/mol. The second-order valence-electron chi connectivity index (χ2n) is 6.02. The number of nitrogens with one attached hydrogen (secondary N) is 1. The molecular weight excluding hydrogens is 268 g/mol. The average molecular weight is 292 g/mol. The maximum absolute atomic E-state index is 13.2. The van der Waals surface area contributed by atoms with Crippen molar-refractivity contribution in [2.75, 3.05) is 26.2 Å². The van der Waals surface area contributed by atoms with Crippen LogP contribution in [0.5, 0.6) is 0 Å². The molecule has 0 spiro atoms. The van der Waals surface area contributed by atoms with Crippen LogP contribution in [0.1, 0.15) is 43.4 Å². The Morgan fingerprint density at radius 3 is 2.75 bits per heavy atom. The molecule has 1 N–H and O–H groups in total. The van der Waals surface area contributed by atoms with Crippen LogP contribution in [-0.2, 0) is 10.2 Å². The van der Waals surface area contributed by atoms with Gasteiger partial charge < -0.3 is 10.2 Å². The Labute approximate surface area is 125 Å². The van der Waals surface area contributed by atoms with E-state index < -0.39 is 0 Å². The van der Waals surface area contributed by atoms with Crippen molar-refractivity contribution in [2.24, 2.45) is 0 Å². The van der Waals surface area contributed by atoms with Crippen LogP contribution < -0.4 is 5.32 Å². The fourth-order valence-corrected chi connectivity index (χ4v) is 4.60. The van der Waals surface area contributed by atoms with Crippen LogP contribution in [0.25, 0.3) is 0 Å². The standard InChI is InChI=1S/C16H24N2OS/c19-15(18-11-5-9-17-10-12-18)16(7-2-1-3-8-16)14-6-4-13-20-14/h4,6,13,17H,1-3,5,7-12H2. The van der Waals surface area contributed by atoms with E-state index in [0.717, 1.165) is 45.4 Å². The summed E-state index contributed by atoms with van der Waals surface area (Å²) >= 11 is 1.76. The highest BCUT2D eigenvalue weighted by atomic mass is 32.1. The number of hydrogen-bond donors (Lipinski definition) is 1. The molecule has 1 aliphatic heterocycles. The van der Waals surface area contributed by atoms with Gasteiger partial charge in [0.2, 0.25) is 5.91 Å². The van der Waals surface area contributed by atoms with Crippen LogP contribution in [0, 0.1) is 0 Å². The molecule has 2 aliphatic rings. The first-order valence-corrected chi connectivity index (χ1v) is 8.75. The van der Waals surface area contributed by atoms with Crippen molar-refractivity contribution in [1.82, 2.24) is 10.2 Å². The molecule has 20 heavy (non-hydrogen) atoms. The third kappa shape index (κ3) is 2.63. The lowest BCUT2D eigenvalue weighted by Gasteiger charge is -2.39. The summed E-state index contributed by atoms with van der Waals surface area (Å²) in [4.78, 5) is 16.6. The summed E-state index contributed by atoms with van der Waals surface area (Å²) in [5, 5.41) is 5.51. The van der Waals surface area contributed by atoms with Crippen molar-refractivity contribution in [2.45, 2.75) is 43.9 Å². The third-order valence-corrected chi connectivity index (χ3v) is 5.81. The molecule has 0 radical (unpaired) electrons. The molecule has 1 saturated carbocycles. The minimum atomic E-state index is -0.212. The zero-order valence-corrected chi connectivity index (χ0v) is 12.9. The summed E-state index contributed by atoms with van der Waals surface area (Å²) in [5.41, 5.74) is -0.212. The van der Waals surface area contributed by atoms with Gasteiger partial charge >= 0.3 is 0 Å². The predicted octanol–water partition coefficient (Wildman–Crippen LogP) is 2.77. The molecule has 3 rings (SSSR count). The van der Waals surface area contributed by atoms with E-state index in [1.807, 2.05) is 0 Å². The molecule has 0 unspecified atom stereocenters. The van der Waals surface area contributed by atoms with Gasteiger partial charge in [0.05, 0.1) is 5.41 Å². The Balaban J connectivity index is 1.86. The van der Waals surface area contributed by atoms with E-state index in [9.17, 15) is 4.79 Å². The molecule has 2 heterocycles. The first-order chi connectivity index (χ1) is 9.83. The minimum absolute atomic E-state index is 0.212. The molecule has 1 aromatic rings. The van der Waals surface area contributed by atoms with Crippen LogP contribution in [0.2, 0.25) is 0 Å². The Hall–Kier alpha value is -0.870. The van der Waals surface area contributed by atoms with E-state index in [2.05, 4.69) is 27.7 Å². The van der Waals surface area contributed by atoms with Crippen molar-refractivity contribution in [3.63, 3.8) is 0 Å². The molecular formula is C16H24N2OS. The predicted molar refractivity (Wildman–Crippen MR) is 83.1 cm³/mol. The SMILES string of the molecule is O=C(N1CCCNCC1)C1(c2cccs2)CCCCC1. The number of amides is 1. The summed E-state index contributed by atoms with van der Waals surface area (Å²) in [6.07, 6.45) is 6.81. The van der Waals surface area contributed by atoms with Crippen LogP contribution in [0.15, 0.2) is 17.5 Å². The molecule has 0 aromatic carbocycles. The highest BCUT2D eigenvalue weighted by Crippen LogP contribution is 2.43. The summed E-state index contributed by atoms with van der Waals surface area (Å²) in [6, 6.07) is 4.26. The fourth-order valence-electron chi connectivity index (χ4n) is 3.62. The number of carbonyl (C=O) groups excluding carboxylic acids is 1. The Morgan fingerprint density at radius 1 is 1.15 bits per heavy atom. The van der Waals surface area contributed by atoms with Crippen LogP contribution in [0.3, 0.4) is 0 Å². The second kappa shape index (κ2) is 6.27. The van der Waals surface area contributed by atoms with Gasteiger partial charge in [-0.1, -0.05) is 25.3 Å². The number of hydrogen-bond acceptors (Lipinski definition) is 3. The van der Waals surface area contributed by atoms with Gasteiger partial charge in [0.1, 0.15) is 0 Å². The number of rotatable bonds is 2. The molecule has 0 bridgehead atoms. The van der Waals surface area contributed by atoms with Crippen molar-refractivity contribution in [1.29, 1.82) is 0 Å². The van der Waals surface area contributed by atoms with Gasteiger partial charge in [0.25, 0.3) is 0 Å². The topological polar surface area (TPSA) is 32.3 Å². The molecule has 1 saturated heterocycles. The van der Waals surface area contributed by atoms with Gasteiger partial charge in [-0.2, -0.15) is 0 Å². The lowest BCUT2D eigenvalue weighted by Crippen LogP contribution is -2.48. The molecule has 1 aromatic heterocycles. The average Bonchev–Trinajstić information content (AvgIpc) is 2.91. The van der Waals surface area contributed by atoms with Gasteiger partial charge in [-0.15, -0.1) is 11.3 Å². The van der Waals surface area contributed by atoms with Gasteiger partial charge in [-0.05, 0) is 37.3 Å². The zero-order valence-electron chi connectivity index (χ0n) is 12.1. The van der Waals surface area contributed by atoms with Crippen LogP contribution >= 0.6 is 11.3 Å². The van der Waals surface area contributed by atoms with Crippen molar-refractivity contribution in [3.05, 3.63) is 22.4 Å². The molecule has 4 heteroatoms. The fraction of sp³-hybridized carbons (Fsp3) is 0.688. The second-order valence-corrected chi connectivity index (χ2v) is 6.96. The first-order valence-electron chi connectivity index (χ1n) is 7.87. The lowest BCUT2D eigenvalue weighted by atomic mass is 9.72. The third-order valence-electron chi connectivity index (χ3n) is 4.74. The first kappa shape index (κ1) is 14.1. The Bertz CT molecular complexity index is 429. The molecule has 2 fully saturated rings. The molecule has 0 atom stereocenters. The maximum atomic E-state index is 13.2. The van der Waals surface area contributed by atoms with Gasteiger partial charge in [0, 0.05) is 24.5 Å². The molecule has 1 amide bonds. The number of carbonyl (C=O) groups is 1. The normalized spacial score (nSPS) is 23.3. The van der Waals surface area contributed by atoms with Gasteiger partial charge in [-0.3, -0.25) is 4.79 Å². The molecule has 3 nitrogen and oxygen atoms in total. The van der Waals surface area contributed by atoms with Gasteiger partial charge in [0.15, 0.2) is 0 Å². The van der Waals surface area contributed by atoms with E-state index >= 15 is 0 Å². The van der Waals surface area contributed by atoms with E-state index in [4.69, 9.17) is 0 Å². The number of thiophene rings is 1. The van der Waals surface area contributed by atoms with Crippen LogP contribution in [0.4, 0.5) is 0 Å². The van der Waals surface area contributed by atoms with Crippen LogP contribution in [-0.4, -0.2) is 37.0 Å². The van der Waals surface area contributed by atoms with E-state index in [-0.39, 0.29) is 5.41 Å². The van der Waals surface area contributed by atoms with Crippen molar-refractivity contribution < 1.29 is 4.79 Å². The van der Waals surface area contributed by atoms with E-state index in [0.29, 0.717) is 5.91 Å². The quantitative estimate of drug-likeness (QED) is 0.909. The van der Waals surface area contributed by atoms with Gasteiger partial charge in [-0.25, -0.2) is 0 Å². The largest absolute Gasteiger partial charge is 0.341 e.